The summed E-state index contributed by atoms with van der Waals surface area (Å²) >= 11 is 0. The summed E-state index contributed by atoms with van der Waals surface area (Å²) in [6.07, 6.45) is 12.4. The van der Waals surface area contributed by atoms with Gasteiger partial charge in [-0.15, -0.1) is 0 Å². The van der Waals surface area contributed by atoms with Gasteiger partial charge in [-0.25, -0.2) is 4.58 Å². The molecule has 6 rings (SSSR count). The van der Waals surface area contributed by atoms with Gasteiger partial charge in [-0.2, -0.15) is 0 Å². The van der Waals surface area contributed by atoms with Crippen LogP contribution >= 0.6 is 0 Å². The van der Waals surface area contributed by atoms with E-state index in [1.807, 2.05) is 0 Å². The molecule has 0 aromatic rings. The first-order chi connectivity index (χ1) is 12.0. The minimum absolute atomic E-state index is 0. The third-order valence-electron chi connectivity index (χ3n) is 9.36. The zero-order chi connectivity index (χ0) is 17.4. The largest absolute Gasteiger partial charge is 1.00 e. The van der Waals surface area contributed by atoms with Crippen LogP contribution in [-0.2, 0) is 0 Å². The van der Waals surface area contributed by atoms with Crippen LogP contribution in [0.4, 0.5) is 0 Å². The molecular formula is C22H34ClNO2. The quantitative estimate of drug-likeness (QED) is 0.524. The number of nitrogens with zero attached hydrogens (tertiary/aromatic N) is 1. The molecule has 4 bridgehead atoms. The Hall–Kier alpha value is -0.380. The summed E-state index contributed by atoms with van der Waals surface area (Å²) in [5, 5.41) is 20.8. The second-order valence-corrected chi connectivity index (χ2v) is 10.3. The first-order valence-electron chi connectivity index (χ1n) is 10.5. The van der Waals surface area contributed by atoms with E-state index in [4.69, 9.17) is 0 Å². The highest BCUT2D eigenvalue weighted by Crippen LogP contribution is 2.72. The standard InChI is InChI=1S/C22H34NO2.ClH/c1-15-16-4-8-21(19(15)25)9-5-17-20(2)6-3-7-22(17,18(21)12-16)14-23(13-20)10-11-24;/h14,16-19,24-25H,1,3-13H2,2H3;1H/q+1;/p-1/t16-,17+,18+,19+,20-,21-,22-;/m0./s1. The SMILES string of the molecule is C=C1[C@H]2CC[C@@]3(CC[C@@H]4[C@@]5(C)CCC[C@@]4(C=[N+](CCO)C5)[C@@H]3C2)[C@@H]1O.[Cl-]. The Kier molecular flexibility index (Phi) is 4.42. The maximum Gasteiger partial charge on any atom is 0.165 e. The molecule has 0 radical (unpaired) electrons. The fourth-order valence-electron chi connectivity index (χ4n) is 8.50. The smallest absolute Gasteiger partial charge is 0.165 e. The van der Waals surface area contributed by atoms with Crippen molar-refractivity contribution in [1.29, 1.82) is 0 Å². The minimum Gasteiger partial charge on any atom is -1.00 e. The molecule has 1 heterocycles. The molecule has 5 aliphatic carbocycles. The van der Waals surface area contributed by atoms with E-state index in [9.17, 15) is 10.2 Å². The number of aliphatic hydroxyl groups is 2. The van der Waals surface area contributed by atoms with Gasteiger partial charge in [0.2, 0.25) is 0 Å². The molecule has 0 amide bonds. The van der Waals surface area contributed by atoms with Gasteiger partial charge in [-0.1, -0.05) is 19.9 Å². The number of rotatable bonds is 2. The fraction of sp³-hybridized carbons (Fsp3) is 0.864. The third-order valence-corrected chi connectivity index (χ3v) is 9.36. The lowest BCUT2D eigenvalue weighted by atomic mass is 9.35. The number of aliphatic hydroxyl groups excluding tert-OH is 2. The van der Waals surface area contributed by atoms with Gasteiger partial charge in [0.05, 0.1) is 11.5 Å². The Bertz CT molecular complexity index is 648. The molecule has 6 aliphatic rings. The number of fused-ring (bicyclic) bond motifs is 2. The van der Waals surface area contributed by atoms with Crippen LogP contribution in [-0.4, -0.2) is 46.8 Å². The van der Waals surface area contributed by atoms with Crippen LogP contribution in [0.2, 0.25) is 0 Å². The van der Waals surface area contributed by atoms with Crippen LogP contribution in [0, 0.1) is 34.0 Å². The molecular weight excluding hydrogens is 346 g/mol. The van der Waals surface area contributed by atoms with Crippen LogP contribution < -0.4 is 12.4 Å². The molecule has 4 heteroatoms. The van der Waals surface area contributed by atoms with Crippen molar-refractivity contribution >= 4 is 6.21 Å². The Morgan fingerprint density at radius 3 is 2.73 bits per heavy atom. The van der Waals surface area contributed by atoms with Crippen LogP contribution in [0.25, 0.3) is 0 Å². The fourth-order valence-corrected chi connectivity index (χ4v) is 8.50. The molecule has 0 saturated heterocycles. The van der Waals surface area contributed by atoms with E-state index < -0.39 is 0 Å². The van der Waals surface area contributed by atoms with Gasteiger partial charge in [0.15, 0.2) is 6.54 Å². The highest BCUT2D eigenvalue weighted by molar-refractivity contribution is 5.65. The van der Waals surface area contributed by atoms with E-state index in [1.165, 1.54) is 51.4 Å². The highest BCUT2D eigenvalue weighted by atomic mass is 35.5. The lowest BCUT2D eigenvalue weighted by Gasteiger charge is -2.68. The maximum atomic E-state index is 11.2. The Labute approximate surface area is 164 Å². The molecule has 0 unspecified atom stereocenters. The van der Waals surface area contributed by atoms with Gasteiger partial charge in [-0.05, 0) is 68.3 Å². The summed E-state index contributed by atoms with van der Waals surface area (Å²) < 4.78 is 2.44. The van der Waals surface area contributed by atoms with Crippen molar-refractivity contribution < 1.29 is 27.2 Å². The number of hydrogen-bond acceptors (Lipinski definition) is 2. The Morgan fingerprint density at radius 1 is 1.19 bits per heavy atom. The van der Waals surface area contributed by atoms with E-state index in [0.29, 0.717) is 17.3 Å². The lowest BCUT2D eigenvalue weighted by Crippen LogP contribution is -3.00. The molecule has 0 aromatic heterocycles. The first kappa shape index (κ1) is 19.0. The van der Waals surface area contributed by atoms with Gasteiger partial charge in [-0.3, -0.25) is 0 Å². The number of halogens is 1. The monoisotopic (exact) mass is 379 g/mol. The molecule has 3 nitrogen and oxygen atoms in total. The van der Waals surface area contributed by atoms with Crippen molar-refractivity contribution in [2.45, 2.75) is 64.4 Å². The van der Waals surface area contributed by atoms with Crippen LogP contribution in [0.5, 0.6) is 0 Å². The summed E-state index contributed by atoms with van der Waals surface area (Å²) in [5.74, 6) is 1.91. The molecule has 0 aromatic carbocycles. The Balaban J connectivity index is 0.00000168. The molecule has 5 fully saturated rings. The van der Waals surface area contributed by atoms with Crippen molar-refractivity contribution in [2.24, 2.45) is 34.0 Å². The predicted octanol–water partition coefficient (Wildman–Crippen LogP) is -0.000400. The summed E-state index contributed by atoms with van der Waals surface area (Å²) in [6.45, 7) is 8.93. The zero-order valence-electron chi connectivity index (χ0n) is 16.1. The van der Waals surface area contributed by atoms with E-state index in [1.54, 1.807) is 0 Å². The average Bonchev–Trinajstić information content (AvgIpc) is 2.58. The van der Waals surface area contributed by atoms with Crippen molar-refractivity contribution in [3.63, 3.8) is 0 Å². The van der Waals surface area contributed by atoms with Gasteiger partial charge in [0.25, 0.3) is 0 Å². The molecule has 1 aliphatic heterocycles. The third kappa shape index (κ3) is 2.17. The molecule has 26 heavy (non-hydrogen) atoms. The van der Waals surface area contributed by atoms with Crippen LogP contribution in [0.1, 0.15) is 58.3 Å². The van der Waals surface area contributed by atoms with Gasteiger partial charge < -0.3 is 22.6 Å². The van der Waals surface area contributed by atoms with E-state index >= 15 is 0 Å². The van der Waals surface area contributed by atoms with Crippen molar-refractivity contribution in [3.8, 4) is 0 Å². The van der Waals surface area contributed by atoms with Crippen LogP contribution in [0.15, 0.2) is 12.2 Å². The first-order valence-corrected chi connectivity index (χ1v) is 10.5. The van der Waals surface area contributed by atoms with Crippen molar-refractivity contribution in [3.05, 3.63) is 12.2 Å². The van der Waals surface area contributed by atoms with Gasteiger partial charge in [0, 0.05) is 10.8 Å². The summed E-state index contributed by atoms with van der Waals surface area (Å²) in [7, 11) is 0. The van der Waals surface area contributed by atoms with E-state index in [-0.39, 0.29) is 35.9 Å². The molecule has 7 atom stereocenters. The van der Waals surface area contributed by atoms with Crippen molar-refractivity contribution in [1.82, 2.24) is 0 Å². The zero-order valence-corrected chi connectivity index (χ0v) is 16.8. The number of β-amino-alcohol motifs (C(OH)–C–C–N with tert-alkyl or cyclic N) is 1. The molecule has 5 saturated carbocycles. The predicted molar refractivity (Wildman–Crippen MR) is 98.7 cm³/mol. The number of hydrogen-bond donors (Lipinski definition) is 2. The van der Waals surface area contributed by atoms with Gasteiger partial charge in [0.1, 0.15) is 19.4 Å². The second-order valence-electron chi connectivity index (χ2n) is 10.3. The Morgan fingerprint density at radius 2 is 1.96 bits per heavy atom. The summed E-state index contributed by atoms with van der Waals surface area (Å²) in [4.78, 5) is 0. The maximum absolute atomic E-state index is 11.2. The van der Waals surface area contributed by atoms with E-state index in [2.05, 4.69) is 24.3 Å². The summed E-state index contributed by atoms with van der Waals surface area (Å²) in [5.41, 5.74) is 1.85. The summed E-state index contributed by atoms with van der Waals surface area (Å²) in [6, 6.07) is 0. The topological polar surface area (TPSA) is 43.5 Å². The van der Waals surface area contributed by atoms with Gasteiger partial charge >= 0.3 is 0 Å². The highest BCUT2D eigenvalue weighted by Gasteiger charge is 2.70. The average molecular weight is 380 g/mol. The van der Waals surface area contributed by atoms with Crippen molar-refractivity contribution in [2.75, 3.05) is 19.7 Å². The minimum atomic E-state index is -0.282. The molecule has 1 spiro atoms. The lowest BCUT2D eigenvalue weighted by molar-refractivity contribution is -0.560. The van der Waals surface area contributed by atoms with Crippen LogP contribution in [0.3, 0.4) is 0 Å². The van der Waals surface area contributed by atoms with E-state index in [0.717, 1.165) is 24.6 Å². The molecule has 2 N–H and O–H groups in total. The molecule has 146 valence electrons. The normalized spacial score (nSPS) is 51.8. The second kappa shape index (κ2) is 6.06.